The van der Waals surface area contributed by atoms with Crippen LogP contribution in [0.5, 0.6) is 0 Å². The Morgan fingerprint density at radius 2 is 1.59 bits per heavy atom. The van der Waals surface area contributed by atoms with Crippen LogP contribution in [0.15, 0.2) is 60.7 Å². The molecule has 0 saturated carbocycles. The number of carbonyl (C=O) groups is 1. The van der Waals surface area contributed by atoms with Crippen LogP contribution < -0.4 is 5.32 Å². The van der Waals surface area contributed by atoms with E-state index in [0.717, 1.165) is 73.3 Å². The van der Waals surface area contributed by atoms with Crippen molar-refractivity contribution in [2.45, 2.75) is 50.5 Å². The van der Waals surface area contributed by atoms with Crippen LogP contribution in [0.1, 0.15) is 64.0 Å². The van der Waals surface area contributed by atoms with E-state index >= 15 is 0 Å². The molecule has 2 N–H and O–H groups in total. The second-order valence-electron chi connectivity index (χ2n) is 9.95. The number of rotatable bonds is 5. The molecule has 2 aromatic carbocycles. The minimum Gasteiger partial charge on any atom is -0.465 e. The molecule has 1 fully saturated rings. The maximum atomic E-state index is 12.7. The van der Waals surface area contributed by atoms with E-state index in [-0.39, 0.29) is 11.9 Å². The van der Waals surface area contributed by atoms with E-state index in [1.54, 1.807) is 11.3 Å². The zero-order chi connectivity index (χ0) is 25.8. The van der Waals surface area contributed by atoms with Gasteiger partial charge in [0, 0.05) is 18.0 Å². The lowest BCUT2D eigenvalue weighted by atomic mass is 9.72. The predicted octanol–water partition coefficient (Wildman–Crippen LogP) is 6.15. The number of benzene rings is 2. The first-order valence-corrected chi connectivity index (χ1v) is 14.4. The highest BCUT2D eigenvalue weighted by Gasteiger charge is 2.42. The molecule has 0 bridgehead atoms. The number of anilines is 1. The molecule has 0 spiro atoms. The number of methoxy groups -OCH3 is 1. The number of hydrogen-bond donors (Lipinski definition) is 2. The van der Waals surface area contributed by atoms with Gasteiger partial charge in [-0.1, -0.05) is 67.1 Å². The molecule has 0 unspecified atom stereocenters. The van der Waals surface area contributed by atoms with Crippen LogP contribution in [0.2, 0.25) is 0 Å². The maximum absolute atomic E-state index is 12.7. The van der Waals surface area contributed by atoms with Crippen molar-refractivity contribution in [1.29, 1.82) is 0 Å². The van der Waals surface area contributed by atoms with Gasteiger partial charge in [-0.15, -0.1) is 11.3 Å². The summed E-state index contributed by atoms with van der Waals surface area (Å²) in [6.07, 6.45) is 6.94. The van der Waals surface area contributed by atoms with Crippen molar-refractivity contribution in [2.24, 2.45) is 5.92 Å². The quantitative estimate of drug-likeness (QED) is 0.233. The number of likely N-dealkylation sites (tertiary alicyclic amines) is 1. The highest BCUT2D eigenvalue weighted by molar-refractivity contribution is 7.80. The lowest BCUT2D eigenvalue weighted by Crippen LogP contribution is -2.47. The van der Waals surface area contributed by atoms with E-state index in [9.17, 15) is 9.90 Å². The lowest BCUT2D eigenvalue weighted by Gasteiger charge is -2.43. The van der Waals surface area contributed by atoms with Gasteiger partial charge in [0.2, 0.25) is 0 Å². The summed E-state index contributed by atoms with van der Waals surface area (Å²) in [6, 6.07) is 20.0. The normalized spacial score (nSPS) is 16.5. The molecule has 7 heteroatoms. The molecule has 37 heavy (non-hydrogen) atoms. The molecule has 1 aliphatic carbocycles. The summed E-state index contributed by atoms with van der Waals surface area (Å²) in [4.78, 5) is 16.2. The molecular formula is C30H34N2O3S2. The van der Waals surface area contributed by atoms with Crippen LogP contribution in [-0.2, 0) is 23.2 Å². The fourth-order valence-electron chi connectivity index (χ4n) is 5.85. The molecule has 1 aliphatic heterocycles. The Morgan fingerprint density at radius 1 is 1.00 bits per heavy atom. The van der Waals surface area contributed by atoms with Gasteiger partial charge >= 0.3 is 5.97 Å². The van der Waals surface area contributed by atoms with Crippen molar-refractivity contribution in [2.75, 3.05) is 25.5 Å². The smallest absolute Gasteiger partial charge is 0.341 e. The number of thiophene rings is 1. The Bertz CT molecular complexity index is 1190. The molecule has 2 aliphatic rings. The number of thiocarbonyl (C=S) groups is 1. The summed E-state index contributed by atoms with van der Waals surface area (Å²) >= 11 is 7.48. The molecule has 194 valence electrons. The SMILES string of the molecule is COC(=O)c1c(NC(=S)N2CCC(C(O)(c3ccccc3)c3ccccc3)CC2)sc2c1CCCCC2. The van der Waals surface area contributed by atoms with Crippen LogP contribution in [0.3, 0.4) is 0 Å². The van der Waals surface area contributed by atoms with Gasteiger partial charge < -0.3 is 20.1 Å². The third kappa shape index (κ3) is 5.17. The van der Waals surface area contributed by atoms with Gasteiger partial charge in [0.25, 0.3) is 0 Å². The van der Waals surface area contributed by atoms with Gasteiger partial charge in [-0.3, -0.25) is 0 Å². The summed E-state index contributed by atoms with van der Waals surface area (Å²) in [5.74, 6) is -0.237. The van der Waals surface area contributed by atoms with Crippen molar-refractivity contribution in [3.05, 3.63) is 87.8 Å². The molecule has 1 saturated heterocycles. The number of ether oxygens (including phenoxy) is 1. The van der Waals surface area contributed by atoms with Crippen LogP contribution in [-0.4, -0.2) is 41.3 Å². The summed E-state index contributed by atoms with van der Waals surface area (Å²) in [5.41, 5.74) is 2.57. The zero-order valence-corrected chi connectivity index (χ0v) is 22.9. The van der Waals surface area contributed by atoms with Crippen molar-refractivity contribution >= 4 is 39.6 Å². The standard InChI is InChI=1S/C30H34N2O3S2/c1-35-28(33)26-24-15-9-4-10-16-25(24)37-27(26)31-29(36)32-19-17-23(18-20-32)30(34,21-11-5-2-6-12-21)22-13-7-3-8-14-22/h2-3,5-8,11-14,23,34H,4,9-10,15-20H2,1H3,(H,31,36). The van der Waals surface area contributed by atoms with Crippen LogP contribution in [0.25, 0.3) is 0 Å². The Morgan fingerprint density at radius 3 is 2.19 bits per heavy atom. The fraction of sp³-hybridized carbons (Fsp3) is 0.400. The Balaban J connectivity index is 1.33. The van der Waals surface area contributed by atoms with Gasteiger partial charge in [0.1, 0.15) is 10.6 Å². The molecule has 2 heterocycles. The van der Waals surface area contributed by atoms with E-state index in [0.29, 0.717) is 10.7 Å². The average molecular weight is 535 g/mol. The largest absolute Gasteiger partial charge is 0.465 e. The molecule has 5 nitrogen and oxygen atoms in total. The van der Waals surface area contributed by atoms with Crippen LogP contribution in [0.4, 0.5) is 5.00 Å². The number of aliphatic hydroxyl groups is 1. The first kappa shape index (κ1) is 25.9. The molecule has 5 rings (SSSR count). The van der Waals surface area contributed by atoms with E-state index in [2.05, 4.69) is 10.2 Å². The third-order valence-electron chi connectivity index (χ3n) is 7.83. The molecule has 0 radical (unpaired) electrons. The van der Waals surface area contributed by atoms with E-state index in [1.165, 1.54) is 18.4 Å². The number of fused-ring (bicyclic) bond motifs is 1. The first-order chi connectivity index (χ1) is 18.0. The Kier molecular flexibility index (Phi) is 7.93. The van der Waals surface area contributed by atoms with E-state index in [4.69, 9.17) is 17.0 Å². The van der Waals surface area contributed by atoms with Crippen molar-refractivity contribution in [3.8, 4) is 0 Å². The zero-order valence-electron chi connectivity index (χ0n) is 21.2. The number of piperidine rings is 1. The van der Waals surface area contributed by atoms with Crippen molar-refractivity contribution < 1.29 is 14.6 Å². The molecule has 0 amide bonds. The minimum atomic E-state index is -1.06. The second kappa shape index (κ2) is 11.3. The highest BCUT2D eigenvalue weighted by atomic mass is 32.1. The number of nitrogens with one attached hydrogen (secondary N) is 1. The van der Waals surface area contributed by atoms with Gasteiger partial charge in [0.05, 0.1) is 12.7 Å². The van der Waals surface area contributed by atoms with Crippen molar-refractivity contribution in [3.63, 3.8) is 0 Å². The molecule has 0 atom stereocenters. The highest BCUT2D eigenvalue weighted by Crippen LogP contribution is 2.42. The Labute approximate surface area is 228 Å². The molecule has 3 aromatic rings. The van der Waals surface area contributed by atoms with Crippen LogP contribution >= 0.6 is 23.6 Å². The maximum Gasteiger partial charge on any atom is 0.341 e. The molecule has 1 aromatic heterocycles. The monoisotopic (exact) mass is 534 g/mol. The average Bonchev–Trinajstić information content (AvgIpc) is 3.12. The number of esters is 1. The number of nitrogens with zero attached hydrogens (tertiary/aromatic N) is 1. The summed E-state index contributed by atoms with van der Waals surface area (Å²) in [5, 5.41) is 17.0. The number of carbonyl (C=O) groups excluding carboxylic acids is 1. The topological polar surface area (TPSA) is 61.8 Å². The predicted molar refractivity (Wildman–Crippen MR) is 153 cm³/mol. The minimum absolute atomic E-state index is 0.0554. The lowest BCUT2D eigenvalue weighted by molar-refractivity contribution is -0.00631. The number of hydrogen-bond acceptors (Lipinski definition) is 5. The van der Waals surface area contributed by atoms with Gasteiger partial charge in [-0.2, -0.15) is 0 Å². The second-order valence-corrected chi connectivity index (χ2v) is 11.4. The summed E-state index contributed by atoms with van der Waals surface area (Å²) in [7, 11) is 1.44. The molecular weight excluding hydrogens is 500 g/mol. The Hall–Kier alpha value is -2.74. The summed E-state index contributed by atoms with van der Waals surface area (Å²) in [6.45, 7) is 1.47. The van der Waals surface area contributed by atoms with Gasteiger partial charge in [-0.05, 0) is 73.4 Å². The van der Waals surface area contributed by atoms with Gasteiger partial charge in [0.15, 0.2) is 5.11 Å². The van der Waals surface area contributed by atoms with Crippen LogP contribution in [0, 0.1) is 5.92 Å². The van der Waals surface area contributed by atoms with E-state index < -0.39 is 5.60 Å². The van der Waals surface area contributed by atoms with Crippen molar-refractivity contribution in [1.82, 2.24) is 4.90 Å². The van der Waals surface area contributed by atoms with E-state index in [1.807, 2.05) is 60.7 Å². The fourth-order valence-corrected chi connectivity index (χ4v) is 7.47. The number of aryl methyl sites for hydroxylation is 1. The third-order valence-corrected chi connectivity index (χ3v) is 9.40. The summed E-state index contributed by atoms with van der Waals surface area (Å²) < 4.78 is 5.15. The first-order valence-electron chi connectivity index (χ1n) is 13.1. The van der Waals surface area contributed by atoms with Gasteiger partial charge in [-0.25, -0.2) is 4.79 Å².